The van der Waals surface area contributed by atoms with E-state index in [0.717, 1.165) is 5.56 Å². The van der Waals surface area contributed by atoms with E-state index in [2.05, 4.69) is 31.1 Å². The maximum atomic E-state index is 10.8. The largest absolute Gasteiger partial charge is 0.285 e. The number of hydrogen-bond donors (Lipinski definition) is 0. The monoisotopic (exact) mass is 233 g/mol. The first-order valence-corrected chi connectivity index (χ1v) is 8.58. The summed E-state index contributed by atoms with van der Waals surface area (Å²) < 4.78 is 0. The summed E-state index contributed by atoms with van der Waals surface area (Å²) in [5.41, 5.74) is 4.63. The minimum absolute atomic E-state index is 0.103. The van der Waals surface area contributed by atoms with Gasteiger partial charge in [-0.05, 0) is 18.6 Å². The molecule has 0 atom stereocenters. The molecular formula is C12H15NO2Si. The van der Waals surface area contributed by atoms with Crippen LogP contribution in [0.5, 0.6) is 0 Å². The van der Waals surface area contributed by atoms with Gasteiger partial charge in [-0.1, -0.05) is 31.6 Å². The van der Waals surface area contributed by atoms with E-state index in [1.807, 2.05) is 13.0 Å². The maximum absolute atomic E-state index is 10.8. The molecule has 0 fully saturated rings. The van der Waals surface area contributed by atoms with Crippen LogP contribution in [-0.4, -0.2) is 13.0 Å². The fraction of sp³-hybridized carbons (Fsp3) is 0.333. The van der Waals surface area contributed by atoms with Crippen molar-refractivity contribution in [3.63, 3.8) is 0 Å². The first-order valence-electron chi connectivity index (χ1n) is 5.08. The summed E-state index contributed by atoms with van der Waals surface area (Å²) in [5.74, 6) is 2.93. The Labute approximate surface area is 96.7 Å². The van der Waals surface area contributed by atoms with E-state index in [1.165, 1.54) is 0 Å². The van der Waals surface area contributed by atoms with Crippen LogP contribution in [0.3, 0.4) is 0 Å². The molecule has 1 rings (SSSR count). The highest BCUT2D eigenvalue weighted by Gasteiger charge is 2.13. The average molecular weight is 233 g/mol. The van der Waals surface area contributed by atoms with Crippen molar-refractivity contribution >= 4 is 13.8 Å². The molecule has 16 heavy (non-hydrogen) atoms. The van der Waals surface area contributed by atoms with E-state index >= 15 is 0 Å². The summed E-state index contributed by atoms with van der Waals surface area (Å²) in [6.07, 6.45) is 0. The standard InChI is InChI=1S/C12H15NO2Si/c1-10-5-6-11(7-8-16(2,3)4)12(9-10)13(14)15/h5-6,9H,1-4H3. The molecule has 0 aliphatic carbocycles. The zero-order valence-electron chi connectivity index (χ0n) is 10.00. The fourth-order valence-electron chi connectivity index (χ4n) is 1.15. The summed E-state index contributed by atoms with van der Waals surface area (Å²) in [6, 6.07) is 5.13. The number of hydrogen-bond acceptors (Lipinski definition) is 2. The SMILES string of the molecule is Cc1ccc(C#C[Si](C)(C)C)c([N+](=O)[O-])c1. The van der Waals surface area contributed by atoms with Crippen LogP contribution >= 0.6 is 0 Å². The molecule has 4 heteroatoms. The molecule has 1 aromatic carbocycles. The van der Waals surface area contributed by atoms with Crippen LogP contribution in [0.15, 0.2) is 18.2 Å². The van der Waals surface area contributed by atoms with Crippen molar-refractivity contribution in [1.29, 1.82) is 0 Å². The number of benzene rings is 1. The normalized spacial score (nSPS) is 10.5. The smallest absolute Gasteiger partial charge is 0.258 e. The Morgan fingerprint density at radius 3 is 2.44 bits per heavy atom. The number of rotatable bonds is 1. The molecule has 0 heterocycles. The second kappa shape index (κ2) is 4.50. The topological polar surface area (TPSA) is 43.1 Å². The van der Waals surface area contributed by atoms with Gasteiger partial charge in [0.1, 0.15) is 13.6 Å². The summed E-state index contributed by atoms with van der Waals surface area (Å²) in [5, 5.41) is 10.8. The van der Waals surface area contributed by atoms with Crippen LogP contribution in [0.4, 0.5) is 5.69 Å². The number of aryl methyl sites for hydroxylation is 1. The second-order valence-electron chi connectivity index (χ2n) is 4.78. The van der Waals surface area contributed by atoms with Gasteiger partial charge in [0, 0.05) is 6.07 Å². The molecule has 0 aromatic heterocycles. The Kier molecular flexibility index (Phi) is 3.50. The van der Waals surface area contributed by atoms with Gasteiger partial charge in [-0.2, -0.15) is 0 Å². The van der Waals surface area contributed by atoms with Gasteiger partial charge in [-0.25, -0.2) is 0 Å². The van der Waals surface area contributed by atoms with Crippen molar-refractivity contribution in [2.45, 2.75) is 26.6 Å². The van der Waals surface area contributed by atoms with Crippen molar-refractivity contribution in [3.8, 4) is 11.5 Å². The van der Waals surface area contributed by atoms with E-state index in [4.69, 9.17) is 0 Å². The molecule has 0 radical (unpaired) electrons. The summed E-state index contributed by atoms with van der Waals surface area (Å²) >= 11 is 0. The van der Waals surface area contributed by atoms with Crippen LogP contribution in [0.1, 0.15) is 11.1 Å². The molecule has 1 aromatic rings. The Morgan fingerprint density at radius 2 is 1.94 bits per heavy atom. The van der Waals surface area contributed by atoms with E-state index in [-0.39, 0.29) is 10.6 Å². The highest BCUT2D eigenvalue weighted by molar-refractivity contribution is 6.83. The molecule has 0 saturated carbocycles. The van der Waals surface area contributed by atoms with Gasteiger partial charge < -0.3 is 0 Å². The lowest BCUT2D eigenvalue weighted by Gasteiger charge is -2.03. The van der Waals surface area contributed by atoms with Gasteiger partial charge in [-0.15, -0.1) is 5.54 Å². The predicted molar refractivity (Wildman–Crippen MR) is 68.1 cm³/mol. The van der Waals surface area contributed by atoms with Crippen molar-refractivity contribution in [2.75, 3.05) is 0 Å². The van der Waals surface area contributed by atoms with Crippen molar-refractivity contribution in [2.24, 2.45) is 0 Å². The van der Waals surface area contributed by atoms with Gasteiger partial charge in [0.2, 0.25) is 0 Å². The molecule has 0 amide bonds. The molecule has 0 aliphatic heterocycles. The predicted octanol–water partition coefficient (Wildman–Crippen LogP) is 3.13. The number of nitro groups is 1. The number of nitro benzene ring substituents is 1. The van der Waals surface area contributed by atoms with Gasteiger partial charge in [0.15, 0.2) is 0 Å². The van der Waals surface area contributed by atoms with Gasteiger partial charge >= 0.3 is 0 Å². The number of nitrogens with zero attached hydrogens (tertiary/aromatic N) is 1. The van der Waals surface area contributed by atoms with Gasteiger partial charge in [0.05, 0.1) is 4.92 Å². The molecule has 0 spiro atoms. The third-order valence-electron chi connectivity index (χ3n) is 1.92. The summed E-state index contributed by atoms with van der Waals surface area (Å²) in [7, 11) is -1.50. The molecule has 3 nitrogen and oxygen atoms in total. The Bertz CT molecular complexity index is 478. The molecule has 0 bridgehead atoms. The van der Waals surface area contributed by atoms with Crippen LogP contribution in [0, 0.1) is 28.5 Å². The average Bonchev–Trinajstić information content (AvgIpc) is 2.14. The van der Waals surface area contributed by atoms with Crippen LogP contribution in [0.25, 0.3) is 0 Å². The zero-order chi connectivity index (χ0) is 12.3. The minimum Gasteiger partial charge on any atom is -0.258 e. The van der Waals surface area contributed by atoms with E-state index in [0.29, 0.717) is 5.56 Å². The maximum Gasteiger partial charge on any atom is 0.285 e. The Balaban J connectivity index is 3.23. The van der Waals surface area contributed by atoms with E-state index < -0.39 is 8.07 Å². The molecular weight excluding hydrogens is 218 g/mol. The lowest BCUT2D eigenvalue weighted by molar-refractivity contribution is -0.385. The van der Waals surface area contributed by atoms with E-state index in [1.54, 1.807) is 12.1 Å². The Morgan fingerprint density at radius 1 is 1.31 bits per heavy atom. The molecule has 84 valence electrons. The van der Waals surface area contributed by atoms with Crippen LogP contribution in [0.2, 0.25) is 19.6 Å². The lowest BCUT2D eigenvalue weighted by Crippen LogP contribution is -2.16. The first kappa shape index (κ1) is 12.5. The third-order valence-corrected chi connectivity index (χ3v) is 2.80. The molecule has 0 N–H and O–H groups in total. The quantitative estimate of drug-likeness (QED) is 0.324. The summed E-state index contributed by atoms with van der Waals surface area (Å²) in [4.78, 5) is 10.5. The summed E-state index contributed by atoms with van der Waals surface area (Å²) in [6.45, 7) is 8.17. The minimum atomic E-state index is -1.50. The fourth-order valence-corrected chi connectivity index (χ4v) is 1.66. The second-order valence-corrected chi connectivity index (χ2v) is 9.53. The van der Waals surface area contributed by atoms with Crippen molar-refractivity contribution in [1.82, 2.24) is 0 Å². The lowest BCUT2D eigenvalue weighted by atomic mass is 10.1. The Hall–Kier alpha value is -1.60. The highest BCUT2D eigenvalue weighted by Crippen LogP contribution is 2.19. The first-order chi connectivity index (χ1) is 7.29. The van der Waals surface area contributed by atoms with Crippen LogP contribution < -0.4 is 0 Å². The van der Waals surface area contributed by atoms with Crippen LogP contribution in [-0.2, 0) is 0 Å². The molecule has 0 aliphatic rings. The third kappa shape index (κ3) is 3.52. The highest BCUT2D eigenvalue weighted by atomic mass is 28.3. The van der Waals surface area contributed by atoms with Crippen molar-refractivity contribution < 1.29 is 4.92 Å². The van der Waals surface area contributed by atoms with E-state index in [9.17, 15) is 10.1 Å². The molecule has 0 unspecified atom stereocenters. The molecule has 0 saturated heterocycles. The van der Waals surface area contributed by atoms with Crippen molar-refractivity contribution in [3.05, 3.63) is 39.4 Å². The van der Waals surface area contributed by atoms with Gasteiger partial charge in [0.25, 0.3) is 5.69 Å². The van der Waals surface area contributed by atoms with Gasteiger partial charge in [-0.3, -0.25) is 10.1 Å². The zero-order valence-corrected chi connectivity index (χ0v) is 11.0.